The second kappa shape index (κ2) is 9.75. The van der Waals surface area contributed by atoms with Crippen molar-refractivity contribution in [2.45, 2.75) is 18.6 Å². The van der Waals surface area contributed by atoms with E-state index in [-0.39, 0.29) is 40.3 Å². The number of aliphatic imine (C=N–C) groups is 1. The maximum absolute atomic E-state index is 13.3. The average Bonchev–Trinajstić information content (AvgIpc) is 2.71. The molecule has 0 spiro atoms. The minimum atomic E-state index is -0.812. The van der Waals surface area contributed by atoms with Gasteiger partial charge < -0.3 is 15.4 Å². The van der Waals surface area contributed by atoms with Crippen LogP contribution in [0.1, 0.15) is 13.3 Å². The molecule has 0 aliphatic carbocycles. The van der Waals surface area contributed by atoms with Crippen molar-refractivity contribution in [2.75, 3.05) is 11.9 Å². The van der Waals surface area contributed by atoms with Crippen molar-refractivity contribution in [3.05, 3.63) is 57.4 Å². The van der Waals surface area contributed by atoms with Gasteiger partial charge in [0.05, 0.1) is 34.0 Å². The number of thioether (sulfide) groups is 1. The molecule has 1 saturated heterocycles. The Balaban J connectivity index is 1.78. The first-order valence-corrected chi connectivity index (χ1v) is 10.2. The van der Waals surface area contributed by atoms with Gasteiger partial charge in [-0.25, -0.2) is 9.38 Å². The molecule has 2 N–H and O–H groups in total. The molecule has 0 saturated carbocycles. The van der Waals surface area contributed by atoms with E-state index in [2.05, 4.69) is 15.6 Å². The second-order valence-electron chi connectivity index (χ2n) is 6.23. The molecule has 1 aliphatic heterocycles. The summed E-state index contributed by atoms with van der Waals surface area (Å²) in [5.41, 5.74) is 0.373. The molecule has 0 aromatic heterocycles. The molecule has 1 aliphatic rings. The lowest BCUT2D eigenvalue weighted by atomic mass is 10.2. The first kappa shape index (κ1) is 22.5. The van der Waals surface area contributed by atoms with Crippen LogP contribution in [0.25, 0.3) is 0 Å². The molecule has 9 nitrogen and oxygen atoms in total. The van der Waals surface area contributed by atoms with Gasteiger partial charge in [-0.3, -0.25) is 19.7 Å². The Bertz CT molecular complexity index is 1080. The molecule has 162 valence electrons. The van der Waals surface area contributed by atoms with Crippen molar-refractivity contribution < 1.29 is 23.6 Å². The van der Waals surface area contributed by atoms with E-state index in [0.717, 1.165) is 17.8 Å². The molecule has 1 unspecified atom stereocenters. The molecular weight excluding hydrogens is 451 g/mol. The quantitative estimate of drug-likeness (QED) is 0.489. The van der Waals surface area contributed by atoms with Crippen LogP contribution < -0.4 is 15.4 Å². The number of amidine groups is 1. The fraction of sp³-hybridized carbons (Fsp3) is 0.211. The third-order valence-corrected chi connectivity index (χ3v) is 5.40. The largest absolute Gasteiger partial charge is 0.491 e. The maximum atomic E-state index is 13.3. The van der Waals surface area contributed by atoms with Crippen LogP contribution in [0, 0.1) is 15.9 Å². The standard InChI is InChI=1S/C19H16ClFN4O5S/c1-2-30-15-8-11(25(28)29)4-6-14(15)23-18(27)16-9-17(26)24-19(31-16)22-10-3-5-13(21)12(20)7-10/h3-8,16H,2,9H2,1H3,(H,23,27)(H,22,24,26). The number of carbonyl (C=O) groups excluding carboxylic acids is 2. The normalized spacial score (nSPS) is 17.2. The van der Waals surface area contributed by atoms with E-state index < -0.39 is 27.8 Å². The van der Waals surface area contributed by atoms with E-state index >= 15 is 0 Å². The first-order chi connectivity index (χ1) is 14.8. The summed E-state index contributed by atoms with van der Waals surface area (Å²) < 4.78 is 18.7. The van der Waals surface area contributed by atoms with Crippen molar-refractivity contribution in [1.82, 2.24) is 5.32 Å². The number of hydrogen-bond donors (Lipinski definition) is 2. The zero-order valence-electron chi connectivity index (χ0n) is 16.1. The van der Waals surface area contributed by atoms with Gasteiger partial charge in [-0.15, -0.1) is 0 Å². The summed E-state index contributed by atoms with van der Waals surface area (Å²) in [6, 6.07) is 7.64. The molecule has 3 rings (SSSR count). The van der Waals surface area contributed by atoms with Crippen molar-refractivity contribution in [2.24, 2.45) is 4.99 Å². The van der Waals surface area contributed by atoms with Crippen LogP contribution in [-0.4, -0.2) is 33.8 Å². The SMILES string of the molecule is CCOc1cc([N+](=O)[O-])ccc1NC(=O)C1CC(=O)NC(=Nc2ccc(F)c(Cl)c2)S1. The fourth-order valence-corrected chi connectivity index (χ4v) is 3.81. The lowest BCUT2D eigenvalue weighted by Crippen LogP contribution is -2.41. The number of ether oxygens (including phenoxy) is 1. The van der Waals surface area contributed by atoms with Crippen LogP contribution in [0.5, 0.6) is 5.75 Å². The van der Waals surface area contributed by atoms with Gasteiger partial charge in [-0.05, 0) is 31.2 Å². The molecule has 1 atom stereocenters. The maximum Gasteiger partial charge on any atom is 0.273 e. The predicted octanol–water partition coefficient (Wildman–Crippen LogP) is 4.03. The Morgan fingerprint density at radius 2 is 2.19 bits per heavy atom. The van der Waals surface area contributed by atoms with E-state index in [1.54, 1.807) is 6.92 Å². The molecule has 31 heavy (non-hydrogen) atoms. The number of non-ortho nitro benzene ring substituents is 1. The van der Waals surface area contributed by atoms with Crippen molar-refractivity contribution in [3.63, 3.8) is 0 Å². The van der Waals surface area contributed by atoms with Gasteiger partial charge in [-0.1, -0.05) is 23.4 Å². The van der Waals surface area contributed by atoms with Gasteiger partial charge >= 0.3 is 0 Å². The van der Waals surface area contributed by atoms with Crippen molar-refractivity contribution in [3.8, 4) is 5.75 Å². The molecular formula is C19H16ClFN4O5S. The highest BCUT2D eigenvalue weighted by Gasteiger charge is 2.31. The van der Waals surface area contributed by atoms with Gasteiger partial charge in [0.2, 0.25) is 11.8 Å². The summed E-state index contributed by atoms with van der Waals surface area (Å²) in [7, 11) is 0. The Morgan fingerprint density at radius 3 is 2.87 bits per heavy atom. The highest BCUT2D eigenvalue weighted by Crippen LogP contribution is 2.31. The molecule has 2 aromatic carbocycles. The zero-order valence-corrected chi connectivity index (χ0v) is 17.6. The first-order valence-electron chi connectivity index (χ1n) is 8.99. The van der Waals surface area contributed by atoms with Gasteiger partial charge in [0, 0.05) is 12.5 Å². The number of anilines is 1. The third-order valence-electron chi connectivity index (χ3n) is 4.03. The van der Waals surface area contributed by atoms with Gasteiger partial charge in [0.15, 0.2) is 5.17 Å². The van der Waals surface area contributed by atoms with Gasteiger partial charge in [0.1, 0.15) is 16.8 Å². The highest BCUT2D eigenvalue weighted by atomic mass is 35.5. The van der Waals surface area contributed by atoms with Crippen LogP contribution in [-0.2, 0) is 9.59 Å². The third kappa shape index (κ3) is 5.70. The van der Waals surface area contributed by atoms with E-state index in [1.165, 1.54) is 30.3 Å². The summed E-state index contributed by atoms with van der Waals surface area (Å²) in [6.45, 7) is 1.94. The number of nitro groups is 1. The minimum Gasteiger partial charge on any atom is -0.491 e. The topological polar surface area (TPSA) is 123 Å². The number of benzene rings is 2. The van der Waals surface area contributed by atoms with Gasteiger partial charge in [0.25, 0.3) is 5.69 Å². The second-order valence-corrected chi connectivity index (χ2v) is 7.83. The number of nitrogens with zero attached hydrogens (tertiary/aromatic N) is 2. The minimum absolute atomic E-state index is 0.101. The van der Waals surface area contributed by atoms with E-state index in [9.17, 15) is 24.1 Å². The number of rotatable bonds is 6. The van der Waals surface area contributed by atoms with Crippen LogP contribution >= 0.6 is 23.4 Å². The van der Waals surface area contributed by atoms with E-state index in [1.807, 2.05) is 0 Å². The number of nitro benzene ring substituents is 1. The Kier molecular flexibility index (Phi) is 7.08. The molecule has 12 heteroatoms. The predicted molar refractivity (Wildman–Crippen MR) is 116 cm³/mol. The summed E-state index contributed by atoms with van der Waals surface area (Å²) in [6.07, 6.45) is -0.101. The summed E-state index contributed by atoms with van der Waals surface area (Å²) in [5.74, 6) is -1.37. The van der Waals surface area contributed by atoms with Crippen LogP contribution in [0.3, 0.4) is 0 Å². The average molecular weight is 467 g/mol. The smallest absolute Gasteiger partial charge is 0.273 e. The molecule has 2 aromatic rings. The Labute approximate surface area is 185 Å². The lowest BCUT2D eigenvalue weighted by molar-refractivity contribution is -0.384. The number of nitrogens with one attached hydrogen (secondary N) is 2. The molecule has 0 bridgehead atoms. The lowest BCUT2D eigenvalue weighted by Gasteiger charge is -2.22. The van der Waals surface area contributed by atoms with Crippen molar-refractivity contribution in [1.29, 1.82) is 0 Å². The van der Waals surface area contributed by atoms with Crippen LogP contribution in [0.2, 0.25) is 5.02 Å². The molecule has 1 heterocycles. The fourth-order valence-electron chi connectivity index (χ4n) is 2.63. The number of amides is 2. The van der Waals surface area contributed by atoms with Crippen LogP contribution in [0.15, 0.2) is 41.4 Å². The summed E-state index contributed by atoms with van der Waals surface area (Å²) in [5, 5.41) is 15.4. The van der Waals surface area contributed by atoms with Crippen molar-refractivity contribution >= 4 is 57.4 Å². The van der Waals surface area contributed by atoms with E-state index in [0.29, 0.717) is 5.69 Å². The van der Waals surface area contributed by atoms with Crippen LogP contribution in [0.4, 0.5) is 21.5 Å². The Hall–Kier alpha value is -3.18. The monoisotopic (exact) mass is 466 g/mol. The highest BCUT2D eigenvalue weighted by molar-refractivity contribution is 8.15. The summed E-state index contributed by atoms with van der Waals surface area (Å²) >= 11 is 6.76. The summed E-state index contributed by atoms with van der Waals surface area (Å²) in [4.78, 5) is 39.4. The molecule has 0 radical (unpaired) electrons. The Morgan fingerprint density at radius 1 is 1.42 bits per heavy atom. The number of carbonyl (C=O) groups is 2. The molecule has 2 amide bonds. The molecule has 1 fully saturated rings. The van der Waals surface area contributed by atoms with E-state index in [4.69, 9.17) is 16.3 Å². The van der Waals surface area contributed by atoms with Gasteiger partial charge in [-0.2, -0.15) is 0 Å². The number of halogens is 2. The number of hydrogen-bond acceptors (Lipinski definition) is 7. The zero-order chi connectivity index (χ0) is 22.5.